The molecule has 0 spiro atoms. The van der Waals surface area contributed by atoms with Crippen LogP contribution in [-0.4, -0.2) is 36.0 Å². The van der Waals surface area contributed by atoms with Crippen molar-refractivity contribution in [3.8, 4) is 0 Å². The molecule has 0 saturated heterocycles. The van der Waals surface area contributed by atoms with E-state index in [-0.39, 0.29) is 18.6 Å². The Morgan fingerprint density at radius 2 is 1.95 bits per heavy atom. The van der Waals surface area contributed by atoms with Gasteiger partial charge in [-0.05, 0) is 43.5 Å². The fourth-order valence-corrected chi connectivity index (χ4v) is 2.66. The van der Waals surface area contributed by atoms with Crippen LogP contribution >= 0.6 is 11.6 Å². The maximum atomic E-state index is 12.3. The molecule has 1 unspecified atom stereocenters. The first-order valence-corrected chi connectivity index (χ1v) is 7.52. The van der Waals surface area contributed by atoms with Gasteiger partial charge in [0.25, 0.3) is 5.91 Å². The summed E-state index contributed by atoms with van der Waals surface area (Å²) in [6.45, 7) is 4.30. The van der Waals surface area contributed by atoms with Crippen LogP contribution in [0.5, 0.6) is 0 Å². The van der Waals surface area contributed by atoms with Crippen molar-refractivity contribution in [1.82, 2.24) is 10.2 Å². The number of benzene rings is 1. The Bertz CT molecular complexity index is 610. The van der Waals surface area contributed by atoms with E-state index in [1.54, 1.807) is 11.8 Å². The predicted molar refractivity (Wildman–Crippen MR) is 86.2 cm³/mol. The summed E-state index contributed by atoms with van der Waals surface area (Å²) in [4.78, 5) is 25.0. The Kier molecular flexibility index (Phi) is 5.21. The smallest absolute Gasteiger partial charge is 0.251 e. The van der Waals surface area contributed by atoms with E-state index < -0.39 is 5.91 Å². The van der Waals surface area contributed by atoms with Gasteiger partial charge in [0.05, 0.1) is 6.54 Å². The number of primary amides is 1. The Hall–Kier alpha value is -1.85. The summed E-state index contributed by atoms with van der Waals surface area (Å²) in [5, 5.41) is 3.73. The molecule has 0 fully saturated rings. The van der Waals surface area contributed by atoms with Gasteiger partial charge in [0.2, 0.25) is 5.91 Å². The highest BCUT2D eigenvalue weighted by atomic mass is 35.5. The minimum Gasteiger partial charge on any atom is -0.369 e. The Morgan fingerprint density at radius 3 is 2.55 bits per heavy atom. The molecule has 2 amide bonds. The molecule has 118 valence electrons. The standard InChI is InChI=1S/C16H20ClN3O2/c1-10-11(2)16(22)20(15(10)19-9-14(18)21)8-7-12-3-5-13(17)6-4-12/h3-6,15,19H,7-9H2,1-2H3,(H2,18,21). The van der Waals surface area contributed by atoms with E-state index in [2.05, 4.69) is 5.32 Å². The van der Waals surface area contributed by atoms with Crippen LogP contribution < -0.4 is 11.1 Å². The monoisotopic (exact) mass is 321 g/mol. The second kappa shape index (κ2) is 6.94. The maximum Gasteiger partial charge on any atom is 0.251 e. The zero-order chi connectivity index (χ0) is 16.3. The van der Waals surface area contributed by atoms with Crippen molar-refractivity contribution in [3.05, 3.63) is 46.0 Å². The summed E-state index contributed by atoms with van der Waals surface area (Å²) in [7, 11) is 0. The quantitative estimate of drug-likeness (QED) is 0.833. The highest BCUT2D eigenvalue weighted by Gasteiger charge is 2.34. The van der Waals surface area contributed by atoms with Gasteiger partial charge in [-0.1, -0.05) is 23.7 Å². The maximum absolute atomic E-state index is 12.3. The Labute approximate surface area is 135 Å². The minimum absolute atomic E-state index is 0.00608. The van der Waals surface area contributed by atoms with Crippen molar-refractivity contribution < 1.29 is 9.59 Å². The van der Waals surface area contributed by atoms with Crippen molar-refractivity contribution in [2.24, 2.45) is 5.73 Å². The molecule has 1 aromatic carbocycles. The molecule has 0 radical (unpaired) electrons. The molecule has 0 bridgehead atoms. The van der Waals surface area contributed by atoms with Crippen LogP contribution in [0.4, 0.5) is 0 Å². The van der Waals surface area contributed by atoms with Crippen LogP contribution in [0.15, 0.2) is 35.4 Å². The molecule has 22 heavy (non-hydrogen) atoms. The predicted octanol–water partition coefficient (Wildman–Crippen LogP) is 1.46. The van der Waals surface area contributed by atoms with E-state index in [1.165, 1.54) is 0 Å². The van der Waals surface area contributed by atoms with E-state index in [1.807, 2.05) is 31.2 Å². The van der Waals surface area contributed by atoms with Gasteiger partial charge in [0.1, 0.15) is 6.17 Å². The molecular formula is C16H20ClN3O2. The van der Waals surface area contributed by atoms with Gasteiger partial charge in [0.15, 0.2) is 0 Å². The van der Waals surface area contributed by atoms with Crippen LogP contribution in [0.25, 0.3) is 0 Å². The van der Waals surface area contributed by atoms with Gasteiger partial charge in [-0.15, -0.1) is 0 Å². The lowest BCUT2D eigenvalue weighted by Crippen LogP contribution is -2.48. The summed E-state index contributed by atoms with van der Waals surface area (Å²) in [5.74, 6) is -0.448. The first-order chi connectivity index (χ1) is 10.4. The molecule has 1 atom stereocenters. The van der Waals surface area contributed by atoms with Gasteiger partial charge in [0, 0.05) is 17.1 Å². The molecule has 3 N–H and O–H groups in total. The SMILES string of the molecule is CC1=C(C)C(NCC(N)=O)N(CCc2ccc(Cl)cc2)C1=O. The number of halogens is 1. The molecule has 1 heterocycles. The van der Waals surface area contributed by atoms with Gasteiger partial charge < -0.3 is 10.6 Å². The lowest BCUT2D eigenvalue weighted by molar-refractivity contribution is -0.128. The molecular weight excluding hydrogens is 302 g/mol. The minimum atomic E-state index is -0.442. The van der Waals surface area contributed by atoms with Crippen molar-refractivity contribution in [2.45, 2.75) is 26.4 Å². The summed E-state index contributed by atoms with van der Waals surface area (Å²) >= 11 is 5.87. The third-order valence-electron chi connectivity index (χ3n) is 3.92. The number of hydrogen-bond donors (Lipinski definition) is 2. The second-order valence-corrected chi connectivity index (χ2v) is 5.87. The summed E-state index contributed by atoms with van der Waals surface area (Å²) in [6, 6.07) is 7.56. The number of amides is 2. The molecule has 0 saturated carbocycles. The van der Waals surface area contributed by atoms with Crippen LogP contribution in [-0.2, 0) is 16.0 Å². The molecule has 2 rings (SSSR count). The lowest BCUT2D eigenvalue weighted by atomic mass is 10.1. The fraction of sp³-hybridized carbons (Fsp3) is 0.375. The van der Waals surface area contributed by atoms with Gasteiger partial charge in [-0.3, -0.25) is 14.9 Å². The molecule has 5 nitrogen and oxygen atoms in total. The fourth-order valence-electron chi connectivity index (χ4n) is 2.53. The molecule has 6 heteroatoms. The number of carbonyl (C=O) groups is 2. The molecule has 0 aromatic heterocycles. The van der Waals surface area contributed by atoms with Crippen molar-refractivity contribution in [1.29, 1.82) is 0 Å². The largest absolute Gasteiger partial charge is 0.369 e. The number of nitrogens with zero attached hydrogens (tertiary/aromatic N) is 1. The van der Waals surface area contributed by atoms with Crippen molar-refractivity contribution in [2.75, 3.05) is 13.1 Å². The first-order valence-electron chi connectivity index (χ1n) is 7.14. The number of nitrogens with one attached hydrogen (secondary N) is 1. The van der Waals surface area contributed by atoms with Crippen LogP contribution in [0.3, 0.4) is 0 Å². The number of carbonyl (C=O) groups excluding carboxylic acids is 2. The zero-order valence-electron chi connectivity index (χ0n) is 12.7. The number of rotatable bonds is 6. The van der Waals surface area contributed by atoms with Crippen LogP contribution in [0.2, 0.25) is 5.02 Å². The van der Waals surface area contributed by atoms with Crippen molar-refractivity contribution >= 4 is 23.4 Å². The average Bonchev–Trinajstić information content (AvgIpc) is 2.68. The number of hydrogen-bond acceptors (Lipinski definition) is 3. The second-order valence-electron chi connectivity index (χ2n) is 5.43. The molecule has 0 aliphatic carbocycles. The topological polar surface area (TPSA) is 75.4 Å². The highest BCUT2D eigenvalue weighted by Crippen LogP contribution is 2.24. The zero-order valence-corrected chi connectivity index (χ0v) is 13.5. The lowest BCUT2D eigenvalue weighted by Gasteiger charge is -2.27. The van der Waals surface area contributed by atoms with Crippen LogP contribution in [0, 0.1) is 0 Å². The number of nitrogens with two attached hydrogens (primary N) is 1. The Balaban J connectivity index is 2.05. The molecule has 1 aliphatic rings. The average molecular weight is 322 g/mol. The van der Waals surface area contributed by atoms with Gasteiger partial charge in [-0.25, -0.2) is 0 Å². The van der Waals surface area contributed by atoms with E-state index in [9.17, 15) is 9.59 Å². The highest BCUT2D eigenvalue weighted by molar-refractivity contribution is 6.30. The van der Waals surface area contributed by atoms with E-state index >= 15 is 0 Å². The molecule has 1 aliphatic heterocycles. The summed E-state index contributed by atoms with van der Waals surface area (Å²) in [6.07, 6.45) is 0.449. The van der Waals surface area contributed by atoms with E-state index in [4.69, 9.17) is 17.3 Å². The van der Waals surface area contributed by atoms with E-state index in [0.717, 1.165) is 23.1 Å². The Morgan fingerprint density at radius 1 is 1.32 bits per heavy atom. The van der Waals surface area contributed by atoms with Crippen molar-refractivity contribution in [3.63, 3.8) is 0 Å². The van der Waals surface area contributed by atoms with Crippen LogP contribution in [0.1, 0.15) is 19.4 Å². The molecule has 1 aromatic rings. The third kappa shape index (κ3) is 3.67. The summed E-state index contributed by atoms with van der Waals surface area (Å²) in [5.41, 5.74) is 7.93. The first kappa shape index (κ1) is 16.5. The van der Waals surface area contributed by atoms with Gasteiger partial charge in [-0.2, -0.15) is 0 Å². The summed E-state index contributed by atoms with van der Waals surface area (Å²) < 4.78 is 0. The normalized spacial score (nSPS) is 18.2. The van der Waals surface area contributed by atoms with Gasteiger partial charge >= 0.3 is 0 Å². The van der Waals surface area contributed by atoms with E-state index in [0.29, 0.717) is 11.6 Å². The third-order valence-corrected chi connectivity index (χ3v) is 4.17.